The van der Waals surface area contributed by atoms with Gasteiger partial charge in [0.15, 0.2) is 16.7 Å². The van der Waals surface area contributed by atoms with Crippen molar-refractivity contribution in [1.82, 2.24) is 14.9 Å². The van der Waals surface area contributed by atoms with Gasteiger partial charge in [0.2, 0.25) is 0 Å². The maximum Gasteiger partial charge on any atom is 0.171 e. The molecule has 0 aliphatic rings. The summed E-state index contributed by atoms with van der Waals surface area (Å²) in [6, 6.07) is 11.5. The minimum atomic E-state index is -0.918. The monoisotopic (exact) mass is 358 g/mol. The molecule has 0 atom stereocenters. The van der Waals surface area contributed by atoms with Crippen LogP contribution in [0.25, 0.3) is 5.69 Å². The molecule has 25 heavy (non-hydrogen) atoms. The summed E-state index contributed by atoms with van der Waals surface area (Å²) in [6.07, 6.45) is 3.66. The van der Waals surface area contributed by atoms with Crippen LogP contribution in [0.5, 0.6) is 0 Å². The van der Waals surface area contributed by atoms with E-state index in [1.807, 2.05) is 42.0 Å². The molecule has 0 radical (unpaired) electrons. The number of nitrogens with one attached hydrogen (secondary N) is 2. The highest BCUT2D eigenvalue weighted by Gasteiger charge is 2.04. The van der Waals surface area contributed by atoms with Crippen molar-refractivity contribution in [1.29, 1.82) is 0 Å². The lowest BCUT2D eigenvalue weighted by atomic mass is 10.2. The molecule has 0 aliphatic heterocycles. The second-order valence-electron chi connectivity index (χ2n) is 5.45. The third kappa shape index (κ3) is 4.19. The molecule has 1 aromatic heterocycles. The Balaban J connectivity index is 1.57. The number of anilines is 1. The molecule has 2 aromatic carbocycles. The van der Waals surface area contributed by atoms with E-state index < -0.39 is 11.6 Å². The highest BCUT2D eigenvalue weighted by Crippen LogP contribution is 2.14. The number of rotatable bonds is 4. The third-order valence-electron chi connectivity index (χ3n) is 3.67. The van der Waals surface area contributed by atoms with Crippen LogP contribution in [-0.4, -0.2) is 14.7 Å². The van der Waals surface area contributed by atoms with Gasteiger partial charge in [-0.05, 0) is 49.0 Å². The van der Waals surface area contributed by atoms with Crippen LogP contribution in [0.15, 0.2) is 54.9 Å². The van der Waals surface area contributed by atoms with E-state index in [9.17, 15) is 8.78 Å². The molecule has 0 bridgehead atoms. The predicted molar refractivity (Wildman–Crippen MR) is 97.7 cm³/mol. The summed E-state index contributed by atoms with van der Waals surface area (Å²) in [6.45, 7) is 2.45. The summed E-state index contributed by atoms with van der Waals surface area (Å²) >= 11 is 5.17. The lowest BCUT2D eigenvalue weighted by Gasteiger charge is -2.11. The molecule has 0 fully saturated rings. The lowest BCUT2D eigenvalue weighted by molar-refractivity contribution is 0.509. The van der Waals surface area contributed by atoms with Crippen LogP contribution in [-0.2, 0) is 6.54 Å². The fourth-order valence-corrected chi connectivity index (χ4v) is 2.55. The number of hydrogen-bond acceptors (Lipinski definition) is 2. The van der Waals surface area contributed by atoms with Gasteiger partial charge in [0, 0.05) is 36.4 Å². The molecule has 0 spiro atoms. The van der Waals surface area contributed by atoms with E-state index in [-0.39, 0.29) is 0 Å². The van der Waals surface area contributed by atoms with Crippen molar-refractivity contribution in [2.45, 2.75) is 13.5 Å². The third-order valence-corrected chi connectivity index (χ3v) is 3.92. The maximum absolute atomic E-state index is 13.2. The van der Waals surface area contributed by atoms with Crippen LogP contribution in [0.1, 0.15) is 11.4 Å². The molecule has 0 unspecified atom stereocenters. The van der Waals surface area contributed by atoms with Crippen LogP contribution in [0.3, 0.4) is 0 Å². The SMILES string of the molecule is Cc1nccn1-c1ccc(CNC(=S)Nc2ccc(F)c(F)c2)cc1. The standard InChI is InChI=1S/C18H16F2N4S/c1-12-21-8-9-24(12)15-5-2-13(3-6-15)11-22-18(25)23-14-4-7-16(19)17(20)10-14/h2-10H,11H2,1H3,(H2,22,23,25). The van der Waals surface area contributed by atoms with Crippen molar-refractivity contribution in [3.63, 3.8) is 0 Å². The summed E-state index contributed by atoms with van der Waals surface area (Å²) in [4.78, 5) is 4.20. The van der Waals surface area contributed by atoms with E-state index in [1.54, 1.807) is 6.20 Å². The summed E-state index contributed by atoms with van der Waals surface area (Å²) in [5.74, 6) is -0.890. The van der Waals surface area contributed by atoms with E-state index in [0.29, 0.717) is 17.3 Å². The Morgan fingerprint density at radius 1 is 1.12 bits per heavy atom. The smallest absolute Gasteiger partial charge is 0.171 e. The van der Waals surface area contributed by atoms with Gasteiger partial charge in [0.25, 0.3) is 0 Å². The zero-order chi connectivity index (χ0) is 17.8. The van der Waals surface area contributed by atoms with E-state index in [2.05, 4.69) is 15.6 Å². The second-order valence-corrected chi connectivity index (χ2v) is 5.86. The first-order valence-electron chi connectivity index (χ1n) is 7.62. The van der Waals surface area contributed by atoms with Crippen molar-refractivity contribution < 1.29 is 8.78 Å². The Bertz CT molecular complexity index is 890. The number of nitrogens with zero attached hydrogens (tertiary/aromatic N) is 2. The zero-order valence-electron chi connectivity index (χ0n) is 13.5. The van der Waals surface area contributed by atoms with Crippen molar-refractivity contribution in [2.24, 2.45) is 0 Å². The largest absolute Gasteiger partial charge is 0.358 e. The van der Waals surface area contributed by atoms with E-state index in [4.69, 9.17) is 12.2 Å². The molecule has 128 valence electrons. The van der Waals surface area contributed by atoms with Gasteiger partial charge in [-0.25, -0.2) is 13.8 Å². The Labute approximate surface area is 149 Å². The van der Waals surface area contributed by atoms with Crippen molar-refractivity contribution in [3.8, 4) is 5.69 Å². The van der Waals surface area contributed by atoms with Gasteiger partial charge in [0.1, 0.15) is 5.82 Å². The second kappa shape index (κ2) is 7.40. The van der Waals surface area contributed by atoms with E-state index in [1.165, 1.54) is 6.07 Å². The molecule has 4 nitrogen and oxygen atoms in total. The average molecular weight is 358 g/mol. The Morgan fingerprint density at radius 3 is 2.52 bits per heavy atom. The van der Waals surface area contributed by atoms with Crippen LogP contribution in [0, 0.1) is 18.6 Å². The molecule has 7 heteroatoms. The highest BCUT2D eigenvalue weighted by atomic mass is 32.1. The van der Waals surface area contributed by atoms with Gasteiger partial charge in [-0.1, -0.05) is 12.1 Å². The van der Waals surface area contributed by atoms with Gasteiger partial charge in [-0.3, -0.25) is 0 Å². The first-order chi connectivity index (χ1) is 12.0. The van der Waals surface area contributed by atoms with Crippen LogP contribution in [0.4, 0.5) is 14.5 Å². The van der Waals surface area contributed by atoms with Gasteiger partial charge in [-0.2, -0.15) is 0 Å². The molecule has 0 amide bonds. The zero-order valence-corrected chi connectivity index (χ0v) is 14.3. The van der Waals surface area contributed by atoms with Crippen molar-refractivity contribution in [2.75, 3.05) is 5.32 Å². The molecule has 3 aromatic rings. The summed E-state index contributed by atoms with van der Waals surface area (Å²) in [5, 5.41) is 6.19. The Kier molecular flexibility index (Phi) is 5.04. The molecule has 0 saturated carbocycles. The number of aromatic nitrogens is 2. The number of hydrogen-bond donors (Lipinski definition) is 2. The molecule has 0 saturated heterocycles. The normalized spacial score (nSPS) is 10.5. The first-order valence-corrected chi connectivity index (χ1v) is 8.03. The summed E-state index contributed by atoms with van der Waals surface area (Å²) in [7, 11) is 0. The first kappa shape index (κ1) is 17.0. The number of benzene rings is 2. The van der Waals surface area contributed by atoms with E-state index >= 15 is 0 Å². The van der Waals surface area contributed by atoms with Gasteiger partial charge < -0.3 is 15.2 Å². The quantitative estimate of drug-likeness (QED) is 0.693. The molecule has 0 aliphatic carbocycles. The Morgan fingerprint density at radius 2 is 1.88 bits per heavy atom. The minimum absolute atomic E-state index is 0.334. The fourth-order valence-electron chi connectivity index (χ4n) is 2.36. The van der Waals surface area contributed by atoms with Gasteiger partial charge in [0.05, 0.1) is 0 Å². The Hall–Kier alpha value is -2.80. The number of aryl methyl sites for hydroxylation is 1. The van der Waals surface area contributed by atoms with Crippen LogP contribution in [0.2, 0.25) is 0 Å². The van der Waals surface area contributed by atoms with E-state index in [0.717, 1.165) is 29.2 Å². The van der Waals surface area contributed by atoms with Gasteiger partial charge >= 0.3 is 0 Å². The lowest BCUT2D eigenvalue weighted by Crippen LogP contribution is -2.27. The van der Waals surface area contributed by atoms with Crippen molar-refractivity contribution >= 4 is 23.0 Å². The number of halogens is 2. The summed E-state index contributed by atoms with van der Waals surface area (Å²) < 4.78 is 28.1. The number of thiocarbonyl (C=S) groups is 1. The molecular weight excluding hydrogens is 342 g/mol. The molecular formula is C18H16F2N4S. The summed E-state index contributed by atoms with van der Waals surface area (Å²) in [5.41, 5.74) is 2.46. The van der Waals surface area contributed by atoms with Crippen LogP contribution < -0.4 is 10.6 Å². The maximum atomic E-state index is 13.2. The molecule has 2 N–H and O–H groups in total. The topological polar surface area (TPSA) is 41.9 Å². The molecule has 3 rings (SSSR count). The van der Waals surface area contributed by atoms with Gasteiger partial charge in [-0.15, -0.1) is 0 Å². The molecule has 1 heterocycles. The predicted octanol–water partition coefficient (Wildman–Crippen LogP) is 3.95. The number of imidazole rings is 1. The average Bonchev–Trinajstić information content (AvgIpc) is 3.03. The fraction of sp³-hybridized carbons (Fsp3) is 0.111. The van der Waals surface area contributed by atoms with Crippen LogP contribution >= 0.6 is 12.2 Å². The minimum Gasteiger partial charge on any atom is -0.358 e. The van der Waals surface area contributed by atoms with Crippen molar-refractivity contribution in [3.05, 3.63) is 77.9 Å². The highest BCUT2D eigenvalue weighted by molar-refractivity contribution is 7.80.